The van der Waals surface area contributed by atoms with Crippen LogP contribution in [0.4, 0.5) is 5.82 Å². The number of aromatic nitrogens is 2. The van der Waals surface area contributed by atoms with Gasteiger partial charge in [0.15, 0.2) is 0 Å². The molecule has 0 radical (unpaired) electrons. The second kappa shape index (κ2) is 2.42. The molecule has 0 bridgehead atoms. The fourth-order valence-corrected chi connectivity index (χ4v) is 2.30. The molecule has 11 heavy (non-hydrogen) atoms. The molecule has 1 aromatic rings. The maximum Gasteiger partial charge on any atom is 0.147 e. The molecule has 2 rings (SSSR count). The topological polar surface area (TPSA) is 66.9 Å². The number of fused-ring (bicyclic) bond motifs is 1. The smallest absolute Gasteiger partial charge is 0.147 e. The Balaban J connectivity index is 2.34. The first-order valence-corrected chi connectivity index (χ1v) is 4.92. The molecule has 1 unspecified atom stereocenters. The van der Waals surface area contributed by atoms with E-state index in [9.17, 15) is 4.55 Å². The number of hydrogen-bond donors (Lipinski definition) is 1. The number of rotatable bonds is 0. The lowest BCUT2D eigenvalue weighted by Gasteiger charge is -2.17. The van der Waals surface area contributed by atoms with E-state index >= 15 is 0 Å². The molecule has 0 saturated carbocycles. The van der Waals surface area contributed by atoms with Crippen LogP contribution in [0.15, 0.2) is 6.07 Å². The number of hydrogen-bond acceptors (Lipinski definition) is 3. The Bertz CT molecular complexity index is 273. The maximum absolute atomic E-state index is 11.1. The lowest BCUT2D eigenvalue weighted by molar-refractivity contribution is 0.555. The minimum absolute atomic E-state index is 0.527. The van der Waals surface area contributed by atoms with E-state index in [1.54, 1.807) is 6.07 Å². The molecule has 60 valence electrons. The summed E-state index contributed by atoms with van der Waals surface area (Å²) in [5.74, 6) is 1.83. The molecular formula is C6H9N3OS. The molecule has 0 spiro atoms. The van der Waals surface area contributed by atoms with Crippen LogP contribution in [0, 0.1) is 0 Å². The van der Waals surface area contributed by atoms with Crippen molar-refractivity contribution in [3.8, 4) is 0 Å². The van der Waals surface area contributed by atoms with E-state index in [4.69, 9.17) is 5.73 Å². The van der Waals surface area contributed by atoms with Gasteiger partial charge in [-0.2, -0.15) is 5.10 Å². The van der Waals surface area contributed by atoms with Crippen molar-refractivity contribution in [2.24, 2.45) is 0 Å². The van der Waals surface area contributed by atoms with Crippen LogP contribution in [-0.4, -0.2) is 20.1 Å². The van der Waals surface area contributed by atoms with Gasteiger partial charge in [0.05, 0.1) is 12.2 Å². The van der Waals surface area contributed by atoms with Gasteiger partial charge >= 0.3 is 0 Å². The molecule has 4 nitrogen and oxygen atoms in total. The Morgan fingerprint density at radius 2 is 2.55 bits per heavy atom. The van der Waals surface area contributed by atoms with Gasteiger partial charge in [-0.25, -0.2) is 0 Å². The molecule has 0 fully saturated rings. The van der Waals surface area contributed by atoms with Crippen molar-refractivity contribution in [3.05, 3.63) is 11.8 Å². The maximum atomic E-state index is 11.1. The van der Waals surface area contributed by atoms with Crippen molar-refractivity contribution in [2.45, 2.75) is 12.3 Å². The van der Waals surface area contributed by atoms with Crippen LogP contribution in [0.25, 0.3) is 0 Å². The van der Waals surface area contributed by atoms with E-state index in [1.807, 2.05) is 4.68 Å². The van der Waals surface area contributed by atoms with E-state index < -0.39 is 11.2 Å². The Labute approximate surface area is 67.6 Å². The zero-order valence-electron chi connectivity index (χ0n) is 5.99. The first kappa shape index (κ1) is 7.00. The van der Waals surface area contributed by atoms with Crippen molar-refractivity contribution in [1.82, 2.24) is 9.78 Å². The average Bonchev–Trinajstić information content (AvgIpc) is 2.27. The van der Waals surface area contributed by atoms with Gasteiger partial charge in [-0.15, -0.1) is 0 Å². The fourth-order valence-electron chi connectivity index (χ4n) is 1.21. The van der Waals surface area contributed by atoms with Gasteiger partial charge < -0.3 is 10.3 Å². The second-order valence-corrected chi connectivity index (χ2v) is 4.15. The van der Waals surface area contributed by atoms with E-state index in [-0.39, 0.29) is 0 Å². The van der Waals surface area contributed by atoms with Gasteiger partial charge in [0.1, 0.15) is 17.3 Å². The number of nitrogens with zero attached hydrogens (tertiary/aromatic N) is 2. The lowest BCUT2D eigenvalue weighted by Crippen LogP contribution is -2.24. The summed E-state index contributed by atoms with van der Waals surface area (Å²) in [5.41, 5.74) is 6.47. The second-order valence-electron chi connectivity index (χ2n) is 2.57. The van der Waals surface area contributed by atoms with E-state index in [0.29, 0.717) is 17.3 Å². The Hall–Kier alpha value is -0.680. The van der Waals surface area contributed by atoms with E-state index in [1.165, 1.54) is 0 Å². The van der Waals surface area contributed by atoms with Crippen molar-refractivity contribution >= 4 is 17.0 Å². The van der Waals surface area contributed by atoms with E-state index in [0.717, 1.165) is 12.2 Å². The molecule has 2 heterocycles. The molecular weight excluding hydrogens is 162 g/mol. The summed E-state index contributed by atoms with van der Waals surface area (Å²) >= 11 is -0.705. The summed E-state index contributed by atoms with van der Waals surface area (Å²) in [6, 6.07) is 1.79. The predicted octanol–water partition coefficient (Wildman–Crippen LogP) is -0.272. The molecule has 5 heteroatoms. The Morgan fingerprint density at radius 3 is 3.36 bits per heavy atom. The molecule has 1 atom stereocenters. The molecule has 0 aromatic carbocycles. The van der Waals surface area contributed by atoms with Crippen LogP contribution in [0.1, 0.15) is 5.69 Å². The molecule has 1 aliphatic heterocycles. The SMILES string of the molecule is Nc1cc2n(n1)CC[S+]([O-])C2. The van der Waals surface area contributed by atoms with Crippen LogP contribution >= 0.6 is 0 Å². The summed E-state index contributed by atoms with van der Waals surface area (Å²) < 4.78 is 12.9. The third-order valence-corrected chi connectivity index (χ3v) is 2.98. The highest BCUT2D eigenvalue weighted by Gasteiger charge is 2.19. The quantitative estimate of drug-likeness (QED) is 0.546. The highest BCUT2D eigenvalue weighted by atomic mass is 32.2. The van der Waals surface area contributed by atoms with Crippen molar-refractivity contribution in [1.29, 1.82) is 0 Å². The molecule has 2 N–H and O–H groups in total. The Kier molecular flexibility index (Phi) is 1.54. The zero-order chi connectivity index (χ0) is 7.84. The third-order valence-electron chi connectivity index (χ3n) is 1.72. The predicted molar refractivity (Wildman–Crippen MR) is 43.4 cm³/mol. The van der Waals surface area contributed by atoms with Gasteiger partial charge in [-0.05, 0) is 11.2 Å². The third kappa shape index (κ3) is 1.21. The van der Waals surface area contributed by atoms with Gasteiger partial charge in [0.2, 0.25) is 0 Å². The summed E-state index contributed by atoms with van der Waals surface area (Å²) in [5, 5.41) is 4.05. The Morgan fingerprint density at radius 1 is 1.73 bits per heavy atom. The van der Waals surface area contributed by atoms with Crippen molar-refractivity contribution in [2.75, 3.05) is 11.5 Å². The number of nitrogen functional groups attached to an aromatic ring is 1. The fraction of sp³-hybridized carbons (Fsp3) is 0.500. The summed E-state index contributed by atoms with van der Waals surface area (Å²) in [6.07, 6.45) is 0. The van der Waals surface area contributed by atoms with Crippen molar-refractivity contribution in [3.63, 3.8) is 0 Å². The summed E-state index contributed by atoms with van der Waals surface area (Å²) in [7, 11) is 0. The highest BCUT2D eigenvalue weighted by molar-refractivity contribution is 7.90. The molecule has 1 aromatic heterocycles. The monoisotopic (exact) mass is 171 g/mol. The first-order valence-electron chi connectivity index (χ1n) is 3.43. The molecule has 0 amide bonds. The average molecular weight is 171 g/mol. The van der Waals surface area contributed by atoms with Crippen molar-refractivity contribution < 1.29 is 4.55 Å². The normalized spacial score (nSPS) is 23.2. The number of aryl methyl sites for hydroxylation is 1. The number of nitrogens with two attached hydrogens (primary N) is 1. The van der Waals surface area contributed by atoms with Crippen LogP contribution in [0.5, 0.6) is 0 Å². The number of anilines is 1. The first-order chi connectivity index (χ1) is 5.25. The van der Waals surface area contributed by atoms with Crippen LogP contribution in [0.3, 0.4) is 0 Å². The minimum Gasteiger partial charge on any atom is -0.616 e. The standard InChI is InChI=1S/C6H9N3OS/c7-6-3-5-4-11(10)2-1-9(5)8-6/h3H,1-2,4H2,(H2,7,8). The summed E-state index contributed by atoms with van der Waals surface area (Å²) in [4.78, 5) is 0. The lowest BCUT2D eigenvalue weighted by atomic mass is 10.4. The zero-order valence-corrected chi connectivity index (χ0v) is 6.80. The van der Waals surface area contributed by atoms with Gasteiger partial charge in [-0.3, -0.25) is 4.68 Å². The van der Waals surface area contributed by atoms with Crippen LogP contribution < -0.4 is 5.73 Å². The van der Waals surface area contributed by atoms with Crippen LogP contribution in [-0.2, 0) is 23.5 Å². The summed E-state index contributed by atoms with van der Waals surface area (Å²) in [6.45, 7) is 0.735. The van der Waals surface area contributed by atoms with Gasteiger partial charge in [0, 0.05) is 6.07 Å². The molecule has 0 aliphatic carbocycles. The highest BCUT2D eigenvalue weighted by Crippen LogP contribution is 2.15. The minimum atomic E-state index is -0.705. The van der Waals surface area contributed by atoms with Gasteiger partial charge in [0.25, 0.3) is 0 Å². The molecule has 0 saturated heterocycles. The molecule has 1 aliphatic rings. The van der Waals surface area contributed by atoms with Crippen LogP contribution in [0.2, 0.25) is 0 Å². The van der Waals surface area contributed by atoms with Gasteiger partial charge in [-0.1, -0.05) is 0 Å². The van der Waals surface area contributed by atoms with E-state index in [2.05, 4.69) is 5.10 Å². The largest absolute Gasteiger partial charge is 0.616 e.